The molecule has 3 nitrogen and oxygen atoms in total. The molecule has 0 saturated carbocycles. The van der Waals surface area contributed by atoms with Gasteiger partial charge in [-0.05, 0) is 24.8 Å². The number of nitrogens with one attached hydrogen (secondary N) is 1. The van der Waals surface area contributed by atoms with Crippen molar-refractivity contribution in [1.29, 1.82) is 0 Å². The van der Waals surface area contributed by atoms with Gasteiger partial charge in [-0.25, -0.2) is 0 Å². The van der Waals surface area contributed by atoms with Crippen molar-refractivity contribution in [3.63, 3.8) is 0 Å². The quantitative estimate of drug-likeness (QED) is 0.817. The molecule has 0 spiro atoms. The lowest BCUT2D eigenvalue weighted by Gasteiger charge is -2.24. The maximum Gasteiger partial charge on any atom is 0.323 e. The van der Waals surface area contributed by atoms with Crippen LogP contribution in [0.2, 0.25) is 0 Å². The van der Waals surface area contributed by atoms with Gasteiger partial charge in [-0.2, -0.15) is 0 Å². The van der Waals surface area contributed by atoms with Gasteiger partial charge in [0.05, 0.1) is 7.11 Å². The summed E-state index contributed by atoms with van der Waals surface area (Å²) in [5.41, 5.74) is 1.14. The molecule has 0 heterocycles. The molecule has 0 aromatic heterocycles. The van der Waals surface area contributed by atoms with E-state index in [1.54, 1.807) is 0 Å². The van der Waals surface area contributed by atoms with Crippen molar-refractivity contribution >= 4 is 18.4 Å². The average Bonchev–Trinajstić information content (AvgIpc) is 2.38. The van der Waals surface area contributed by atoms with Crippen LogP contribution < -0.4 is 5.32 Å². The molecule has 0 aliphatic heterocycles. The second-order valence-corrected chi connectivity index (χ2v) is 4.96. The Bertz CT molecular complexity index is 368. The van der Waals surface area contributed by atoms with Gasteiger partial charge in [-0.15, -0.1) is 12.4 Å². The summed E-state index contributed by atoms with van der Waals surface area (Å²) in [5.74, 6) is 0.277. The highest BCUT2D eigenvalue weighted by atomic mass is 35.5. The molecule has 2 atom stereocenters. The van der Waals surface area contributed by atoms with E-state index in [-0.39, 0.29) is 30.5 Å². The van der Waals surface area contributed by atoms with Crippen LogP contribution in [0.25, 0.3) is 0 Å². The number of methoxy groups -OCH3 is 1. The van der Waals surface area contributed by atoms with Crippen LogP contribution in [0.3, 0.4) is 0 Å². The van der Waals surface area contributed by atoms with E-state index in [1.807, 2.05) is 30.3 Å². The minimum Gasteiger partial charge on any atom is -0.468 e. The molecule has 1 N–H and O–H groups in total. The predicted molar refractivity (Wildman–Crippen MR) is 80.6 cm³/mol. The predicted octanol–water partition coefficient (Wildman–Crippen LogP) is 2.83. The van der Waals surface area contributed by atoms with Crippen molar-refractivity contribution in [2.75, 3.05) is 7.11 Å². The number of benzene rings is 1. The van der Waals surface area contributed by atoms with Crippen LogP contribution in [0, 0.1) is 5.92 Å². The van der Waals surface area contributed by atoms with Crippen molar-refractivity contribution < 1.29 is 9.53 Å². The first kappa shape index (κ1) is 17.9. The van der Waals surface area contributed by atoms with Crippen molar-refractivity contribution in [1.82, 2.24) is 5.32 Å². The Kier molecular flexibility index (Phi) is 8.44. The third-order valence-electron chi connectivity index (χ3n) is 3.23. The summed E-state index contributed by atoms with van der Waals surface area (Å²) in [6.45, 7) is 6.36. The van der Waals surface area contributed by atoms with E-state index in [0.717, 1.165) is 5.56 Å². The van der Waals surface area contributed by atoms with Crippen LogP contribution in [-0.4, -0.2) is 25.2 Å². The van der Waals surface area contributed by atoms with Gasteiger partial charge in [0.15, 0.2) is 0 Å². The van der Waals surface area contributed by atoms with Gasteiger partial charge in [-0.1, -0.05) is 44.2 Å². The minimum absolute atomic E-state index is 0. The maximum atomic E-state index is 11.8. The monoisotopic (exact) mass is 285 g/mol. The van der Waals surface area contributed by atoms with Crippen LogP contribution in [0.15, 0.2) is 30.3 Å². The largest absolute Gasteiger partial charge is 0.468 e. The van der Waals surface area contributed by atoms with Gasteiger partial charge in [-0.3, -0.25) is 4.79 Å². The van der Waals surface area contributed by atoms with Gasteiger partial charge in [0.25, 0.3) is 0 Å². The average molecular weight is 286 g/mol. The number of rotatable bonds is 6. The van der Waals surface area contributed by atoms with Crippen molar-refractivity contribution in [2.24, 2.45) is 5.92 Å². The second-order valence-electron chi connectivity index (χ2n) is 4.96. The third kappa shape index (κ3) is 6.08. The third-order valence-corrected chi connectivity index (χ3v) is 3.23. The Morgan fingerprint density at radius 2 is 1.79 bits per heavy atom. The molecule has 0 saturated heterocycles. The Morgan fingerprint density at radius 3 is 2.26 bits per heavy atom. The summed E-state index contributed by atoms with van der Waals surface area (Å²) in [4.78, 5) is 11.8. The second kappa shape index (κ2) is 8.94. The molecule has 0 aliphatic carbocycles. The number of carbonyl (C=O) groups excluding carboxylic acids is 1. The molecule has 1 rings (SSSR count). The molecule has 4 heteroatoms. The Morgan fingerprint density at radius 1 is 1.21 bits per heavy atom. The molecule has 0 radical (unpaired) electrons. The zero-order chi connectivity index (χ0) is 13.5. The van der Waals surface area contributed by atoms with Crippen molar-refractivity contribution in [3.05, 3.63) is 35.9 Å². The van der Waals surface area contributed by atoms with E-state index in [1.165, 1.54) is 7.11 Å². The van der Waals surface area contributed by atoms with Crippen LogP contribution in [-0.2, 0) is 16.0 Å². The number of ether oxygens (including phenoxy) is 1. The van der Waals surface area contributed by atoms with Crippen molar-refractivity contribution in [3.8, 4) is 0 Å². The summed E-state index contributed by atoms with van der Waals surface area (Å²) in [7, 11) is 1.43. The lowest BCUT2D eigenvalue weighted by Crippen LogP contribution is -2.46. The number of halogens is 1. The molecular weight excluding hydrogens is 262 g/mol. The summed E-state index contributed by atoms with van der Waals surface area (Å²) in [6.07, 6.45) is 0.657. The smallest absolute Gasteiger partial charge is 0.323 e. The zero-order valence-corrected chi connectivity index (χ0v) is 12.9. The van der Waals surface area contributed by atoms with Crippen LogP contribution in [0.1, 0.15) is 26.3 Å². The highest BCUT2D eigenvalue weighted by molar-refractivity contribution is 5.85. The SMILES string of the molecule is COC(=O)C(Cc1ccccc1)NC(C)C(C)C.Cl. The molecule has 1 aromatic rings. The van der Waals surface area contributed by atoms with E-state index in [9.17, 15) is 4.79 Å². The first-order valence-electron chi connectivity index (χ1n) is 6.42. The molecule has 0 bridgehead atoms. The molecular formula is C15H24ClNO2. The van der Waals surface area contributed by atoms with E-state index in [0.29, 0.717) is 12.3 Å². The molecule has 2 unspecified atom stereocenters. The summed E-state index contributed by atoms with van der Waals surface area (Å²) >= 11 is 0. The number of carbonyl (C=O) groups is 1. The Hall–Kier alpha value is -1.06. The summed E-state index contributed by atoms with van der Waals surface area (Å²) < 4.78 is 4.86. The highest BCUT2D eigenvalue weighted by Gasteiger charge is 2.22. The molecule has 19 heavy (non-hydrogen) atoms. The van der Waals surface area contributed by atoms with E-state index in [4.69, 9.17) is 4.74 Å². The van der Waals surface area contributed by atoms with Crippen LogP contribution in [0.5, 0.6) is 0 Å². The standard InChI is InChI=1S/C15H23NO2.ClH/c1-11(2)12(3)16-14(15(17)18-4)10-13-8-6-5-7-9-13;/h5-9,11-12,14,16H,10H2,1-4H3;1H. The number of esters is 1. The Labute approximate surface area is 122 Å². The Balaban J connectivity index is 0.00000324. The molecule has 0 amide bonds. The van der Waals surface area contributed by atoms with Crippen molar-refractivity contribution in [2.45, 2.75) is 39.3 Å². The van der Waals surface area contributed by atoms with E-state index < -0.39 is 0 Å². The van der Waals surface area contributed by atoms with Gasteiger partial charge in [0.2, 0.25) is 0 Å². The molecule has 0 fully saturated rings. The summed E-state index contributed by atoms with van der Waals surface area (Å²) in [5, 5.41) is 3.34. The lowest BCUT2D eigenvalue weighted by atomic mass is 10.0. The molecule has 108 valence electrons. The van der Waals surface area contributed by atoms with E-state index >= 15 is 0 Å². The zero-order valence-electron chi connectivity index (χ0n) is 12.1. The minimum atomic E-state index is -0.283. The first-order valence-corrected chi connectivity index (χ1v) is 6.42. The first-order chi connectivity index (χ1) is 8.54. The van der Waals surface area contributed by atoms with Gasteiger partial charge in [0, 0.05) is 6.04 Å². The normalized spacial score (nSPS) is 13.5. The highest BCUT2D eigenvalue weighted by Crippen LogP contribution is 2.08. The number of hydrogen-bond donors (Lipinski definition) is 1. The number of hydrogen-bond acceptors (Lipinski definition) is 3. The lowest BCUT2D eigenvalue weighted by molar-refractivity contribution is -0.143. The van der Waals surface area contributed by atoms with Crippen LogP contribution in [0.4, 0.5) is 0 Å². The van der Waals surface area contributed by atoms with Gasteiger partial charge >= 0.3 is 5.97 Å². The fraction of sp³-hybridized carbons (Fsp3) is 0.533. The van der Waals surface area contributed by atoms with Gasteiger partial charge < -0.3 is 10.1 Å². The maximum absolute atomic E-state index is 11.8. The summed E-state index contributed by atoms with van der Waals surface area (Å²) in [6, 6.07) is 9.98. The fourth-order valence-corrected chi connectivity index (χ4v) is 1.71. The molecule has 0 aliphatic rings. The van der Waals surface area contributed by atoms with E-state index in [2.05, 4.69) is 26.1 Å². The molecule has 1 aromatic carbocycles. The fourth-order valence-electron chi connectivity index (χ4n) is 1.71. The van der Waals surface area contributed by atoms with Gasteiger partial charge in [0.1, 0.15) is 6.04 Å². The topological polar surface area (TPSA) is 38.3 Å². The van der Waals surface area contributed by atoms with Crippen LogP contribution >= 0.6 is 12.4 Å².